The lowest BCUT2D eigenvalue weighted by Crippen LogP contribution is -2.32. The molecule has 1 aromatic carbocycles. The summed E-state index contributed by atoms with van der Waals surface area (Å²) in [5.41, 5.74) is 4.83. The van der Waals surface area contributed by atoms with Gasteiger partial charge >= 0.3 is 0 Å². The van der Waals surface area contributed by atoms with Crippen LogP contribution >= 0.6 is 12.4 Å². The average Bonchev–Trinajstić information content (AvgIpc) is 2.69. The highest BCUT2D eigenvalue weighted by Gasteiger charge is 2.23. The molecular formula is C17H22ClN3O. The van der Waals surface area contributed by atoms with Crippen LogP contribution in [-0.4, -0.2) is 33.7 Å². The van der Waals surface area contributed by atoms with Gasteiger partial charge in [0, 0.05) is 44.1 Å². The normalized spacial score (nSPS) is 14.0. The standard InChI is InChI=1S/C17H21N3O.ClH/c1-3-16(21)20-11-9-14-15(10-12-20)18-19(2)17(14)13-7-5-4-6-8-13;/h4-8H,3,9-12H2,1-2H3;1H. The van der Waals surface area contributed by atoms with Gasteiger partial charge in [-0.3, -0.25) is 9.48 Å². The Bertz CT molecular complexity index is 651. The second-order valence-electron chi connectivity index (χ2n) is 5.50. The summed E-state index contributed by atoms with van der Waals surface area (Å²) in [7, 11) is 2.01. The van der Waals surface area contributed by atoms with Crippen LogP contribution in [0.4, 0.5) is 0 Å². The van der Waals surface area contributed by atoms with Gasteiger partial charge in [0.15, 0.2) is 0 Å². The topological polar surface area (TPSA) is 38.1 Å². The summed E-state index contributed by atoms with van der Waals surface area (Å²) in [6.45, 7) is 3.50. The number of aryl methyl sites for hydroxylation is 1. The van der Waals surface area contributed by atoms with Gasteiger partial charge < -0.3 is 4.90 Å². The second-order valence-corrected chi connectivity index (χ2v) is 5.50. The molecule has 2 aromatic rings. The lowest BCUT2D eigenvalue weighted by molar-refractivity contribution is -0.130. The molecule has 0 saturated carbocycles. The molecule has 1 aliphatic rings. The van der Waals surface area contributed by atoms with Crippen molar-refractivity contribution < 1.29 is 4.79 Å². The summed E-state index contributed by atoms with van der Waals surface area (Å²) >= 11 is 0. The summed E-state index contributed by atoms with van der Waals surface area (Å²) in [6, 6.07) is 10.4. The number of amides is 1. The third-order valence-corrected chi connectivity index (χ3v) is 4.18. The maximum absolute atomic E-state index is 11.9. The van der Waals surface area contributed by atoms with Gasteiger partial charge in [0.1, 0.15) is 0 Å². The Morgan fingerprint density at radius 2 is 1.86 bits per heavy atom. The van der Waals surface area contributed by atoms with E-state index in [0.29, 0.717) is 6.42 Å². The number of halogens is 1. The molecule has 4 nitrogen and oxygen atoms in total. The molecule has 1 aromatic heterocycles. The molecule has 3 rings (SSSR count). The zero-order valence-corrected chi connectivity index (χ0v) is 13.9. The van der Waals surface area contributed by atoms with Crippen LogP contribution in [0.3, 0.4) is 0 Å². The SMILES string of the molecule is CCC(=O)N1CCc2nn(C)c(-c3ccccc3)c2CC1.Cl. The van der Waals surface area contributed by atoms with Crippen LogP contribution in [0.5, 0.6) is 0 Å². The highest BCUT2D eigenvalue weighted by molar-refractivity contribution is 5.85. The fourth-order valence-electron chi connectivity index (χ4n) is 3.12. The van der Waals surface area contributed by atoms with E-state index < -0.39 is 0 Å². The molecule has 2 heterocycles. The van der Waals surface area contributed by atoms with E-state index in [-0.39, 0.29) is 18.3 Å². The van der Waals surface area contributed by atoms with Crippen molar-refractivity contribution in [3.8, 4) is 11.3 Å². The number of carbonyl (C=O) groups is 1. The van der Waals surface area contributed by atoms with Gasteiger partial charge in [0.05, 0.1) is 11.4 Å². The third-order valence-electron chi connectivity index (χ3n) is 4.18. The van der Waals surface area contributed by atoms with Gasteiger partial charge in [0.25, 0.3) is 0 Å². The van der Waals surface area contributed by atoms with E-state index in [4.69, 9.17) is 0 Å². The molecule has 0 bridgehead atoms. The van der Waals surface area contributed by atoms with Gasteiger partial charge in [-0.05, 0) is 6.42 Å². The molecule has 0 unspecified atom stereocenters. The first kappa shape index (κ1) is 16.6. The molecule has 1 amide bonds. The molecule has 0 saturated heterocycles. The van der Waals surface area contributed by atoms with Crippen molar-refractivity contribution in [1.82, 2.24) is 14.7 Å². The fraction of sp³-hybridized carbons (Fsp3) is 0.412. The van der Waals surface area contributed by atoms with Crippen molar-refractivity contribution >= 4 is 18.3 Å². The van der Waals surface area contributed by atoms with Crippen LogP contribution in [0.2, 0.25) is 0 Å². The molecule has 0 N–H and O–H groups in total. The molecular weight excluding hydrogens is 298 g/mol. The van der Waals surface area contributed by atoms with Gasteiger partial charge in [0.2, 0.25) is 5.91 Å². The minimum absolute atomic E-state index is 0. The summed E-state index contributed by atoms with van der Waals surface area (Å²) < 4.78 is 1.98. The van der Waals surface area contributed by atoms with E-state index in [9.17, 15) is 4.79 Å². The highest BCUT2D eigenvalue weighted by Crippen LogP contribution is 2.28. The van der Waals surface area contributed by atoms with Gasteiger partial charge in [-0.2, -0.15) is 5.10 Å². The quantitative estimate of drug-likeness (QED) is 0.853. The number of aromatic nitrogens is 2. The summed E-state index contributed by atoms with van der Waals surface area (Å²) in [5, 5.41) is 4.69. The van der Waals surface area contributed by atoms with Crippen molar-refractivity contribution in [2.75, 3.05) is 13.1 Å². The number of rotatable bonds is 2. The Labute approximate surface area is 137 Å². The lowest BCUT2D eigenvalue weighted by Gasteiger charge is -2.19. The zero-order chi connectivity index (χ0) is 14.8. The predicted molar refractivity (Wildman–Crippen MR) is 90.2 cm³/mol. The number of fused-ring (bicyclic) bond motifs is 1. The number of hydrogen-bond acceptors (Lipinski definition) is 2. The lowest BCUT2D eigenvalue weighted by atomic mass is 10.0. The molecule has 0 fully saturated rings. The maximum Gasteiger partial charge on any atom is 0.222 e. The maximum atomic E-state index is 11.9. The Kier molecular flexibility index (Phi) is 5.24. The fourth-order valence-corrected chi connectivity index (χ4v) is 3.12. The van der Waals surface area contributed by atoms with Crippen molar-refractivity contribution in [2.45, 2.75) is 26.2 Å². The Hall–Kier alpha value is -1.81. The molecule has 118 valence electrons. The molecule has 0 aliphatic carbocycles. The molecule has 1 aliphatic heterocycles. The zero-order valence-electron chi connectivity index (χ0n) is 13.1. The van der Waals surface area contributed by atoms with Gasteiger partial charge in [-0.25, -0.2) is 0 Å². The smallest absolute Gasteiger partial charge is 0.222 e. The summed E-state index contributed by atoms with van der Waals surface area (Å²) in [5.74, 6) is 0.241. The predicted octanol–water partition coefficient (Wildman–Crippen LogP) is 2.85. The van der Waals surface area contributed by atoms with E-state index in [0.717, 1.165) is 31.6 Å². The number of benzene rings is 1. The Morgan fingerprint density at radius 3 is 2.55 bits per heavy atom. The van der Waals surface area contributed by atoms with E-state index in [1.165, 1.54) is 16.8 Å². The van der Waals surface area contributed by atoms with E-state index >= 15 is 0 Å². The van der Waals surface area contributed by atoms with E-state index in [1.807, 2.05) is 29.6 Å². The molecule has 22 heavy (non-hydrogen) atoms. The van der Waals surface area contributed by atoms with E-state index in [1.54, 1.807) is 0 Å². The number of carbonyl (C=O) groups excluding carboxylic acids is 1. The molecule has 0 spiro atoms. The first-order chi connectivity index (χ1) is 10.2. The van der Waals surface area contributed by atoms with Crippen molar-refractivity contribution in [2.24, 2.45) is 7.05 Å². The molecule has 0 atom stereocenters. The minimum Gasteiger partial charge on any atom is -0.342 e. The summed E-state index contributed by atoms with van der Waals surface area (Å²) in [4.78, 5) is 13.9. The largest absolute Gasteiger partial charge is 0.342 e. The van der Waals surface area contributed by atoms with Crippen molar-refractivity contribution in [1.29, 1.82) is 0 Å². The first-order valence-electron chi connectivity index (χ1n) is 7.58. The monoisotopic (exact) mass is 319 g/mol. The number of hydrogen-bond donors (Lipinski definition) is 0. The average molecular weight is 320 g/mol. The highest BCUT2D eigenvalue weighted by atomic mass is 35.5. The van der Waals surface area contributed by atoms with E-state index in [2.05, 4.69) is 29.4 Å². The van der Waals surface area contributed by atoms with Gasteiger partial charge in [-0.15, -0.1) is 12.4 Å². The molecule has 0 radical (unpaired) electrons. The van der Waals surface area contributed by atoms with Crippen LogP contribution in [0.1, 0.15) is 24.6 Å². The second kappa shape index (κ2) is 6.97. The van der Waals surface area contributed by atoms with Crippen LogP contribution < -0.4 is 0 Å². The van der Waals surface area contributed by atoms with Crippen LogP contribution in [0.25, 0.3) is 11.3 Å². The Balaban J connectivity index is 0.00000176. The van der Waals surface area contributed by atoms with Gasteiger partial charge in [-0.1, -0.05) is 37.3 Å². The minimum atomic E-state index is 0. The van der Waals surface area contributed by atoms with Crippen molar-refractivity contribution in [3.63, 3.8) is 0 Å². The van der Waals surface area contributed by atoms with Crippen molar-refractivity contribution in [3.05, 3.63) is 41.6 Å². The number of nitrogens with zero attached hydrogens (tertiary/aromatic N) is 3. The van der Waals surface area contributed by atoms with Crippen LogP contribution in [0, 0.1) is 0 Å². The Morgan fingerprint density at radius 1 is 1.18 bits per heavy atom. The summed E-state index contributed by atoms with van der Waals surface area (Å²) in [6.07, 6.45) is 2.32. The molecule has 5 heteroatoms. The van der Waals surface area contributed by atoms with Crippen LogP contribution in [0.15, 0.2) is 30.3 Å². The third kappa shape index (κ3) is 3.02. The first-order valence-corrected chi connectivity index (χ1v) is 7.58. The van der Waals surface area contributed by atoms with Crippen LogP contribution in [-0.2, 0) is 24.7 Å².